The molecule has 0 unspecified atom stereocenters. The molecule has 67 heavy (non-hydrogen) atoms. The highest BCUT2D eigenvalue weighted by molar-refractivity contribution is 6.00. The Morgan fingerprint density at radius 2 is 1.48 bits per heavy atom. The Balaban J connectivity index is 1.30. The smallest absolute Gasteiger partial charge is 0.416 e. The number of esters is 1. The Hall–Kier alpha value is -6.14. The average Bonchev–Trinajstić information content (AvgIpc) is 3.31. The van der Waals surface area contributed by atoms with E-state index in [1.165, 1.54) is 12.0 Å². The topological polar surface area (TPSA) is 230 Å². The lowest BCUT2D eigenvalue weighted by atomic mass is 9.87. The molecule has 18 nitrogen and oxygen atoms in total. The highest BCUT2D eigenvalue weighted by Gasteiger charge is 2.28. The number of hydrogen-bond acceptors (Lipinski definition) is 14. The summed E-state index contributed by atoms with van der Waals surface area (Å²) in [6.45, 7) is 10.5. The van der Waals surface area contributed by atoms with Gasteiger partial charge in [0.2, 0.25) is 5.91 Å². The standard InChI is InChI=1S/C49H64N6O12/c1-35-18-19-51-45(31-35)55(48(60)67-49(2,3)4)21-8-11-46(58)53-42(34-56)43(57)32-38(33-47(59)61-5)36-12-14-37(15-13-36)39-16-17-44(41-10-7-6-9-40(39)41)66-30-29-65-28-27-64-26-25-63-24-23-62-22-20-52-54-50/h6-7,9-10,12-19,31,38,42,56H,8,11,20-30,32-34H2,1-5H3,(H,53,58)/t38-,42-/m0/s1. The summed E-state index contributed by atoms with van der Waals surface area (Å²) in [5.74, 6) is -0.948. The lowest BCUT2D eigenvalue weighted by Crippen LogP contribution is -2.44. The van der Waals surface area contributed by atoms with Crippen LogP contribution in [0.2, 0.25) is 0 Å². The molecule has 3 aromatic carbocycles. The van der Waals surface area contributed by atoms with Crippen molar-refractivity contribution in [3.63, 3.8) is 0 Å². The predicted octanol–water partition coefficient (Wildman–Crippen LogP) is 7.27. The average molecular weight is 929 g/mol. The number of carbonyl (C=O) groups excluding carboxylic acids is 4. The van der Waals surface area contributed by atoms with E-state index in [4.69, 9.17) is 38.7 Å². The largest absolute Gasteiger partial charge is 0.491 e. The van der Waals surface area contributed by atoms with Gasteiger partial charge >= 0.3 is 12.1 Å². The second-order valence-corrected chi connectivity index (χ2v) is 16.4. The van der Waals surface area contributed by atoms with Gasteiger partial charge in [0.25, 0.3) is 0 Å². The molecular formula is C49H64N6O12. The molecule has 0 saturated carbocycles. The Morgan fingerprint density at radius 1 is 0.836 bits per heavy atom. The van der Waals surface area contributed by atoms with Gasteiger partial charge in [-0.2, -0.15) is 0 Å². The van der Waals surface area contributed by atoms with Crippen LogP contribution >= 0.6 is 0 Å². The number of nitrogens with zero attached hydrogens (tertiary/aromatic N) is 5. The summed E-state index contributed by atoms with van der Waals surface area (Å²) >= 11 is 0. The first-order chi connectivity index (χ1) is 32.3. The number of Topliss-reactive ketones (excluding diaryl/α,β-unsaturated/α-hetero) is 1. The highest BCUT2D eigenvalue weighted by Crippen LogP contribution is 2.36. The summed E-state index contributed by atoms with van der Waals surface area (Å²) in [6, 6.07) is 21.7. The van der Waals surface area contributed by atoms with Gasteiger partial charge in [-0.1, -0.05) is 59.7 Å². The molecule has 18 heteroatoms. The fourth-order valence-corrected chi connectivity index (χ4v) is 6.86. The van der Waals surface area contributed by atoms with Crippen LogP contribution in [-0.4, -0.2) is 132 Å². The van der Waals surface area contributed by atoms with Gasteiger partial charge in [-0.3, -0.25) is 19.3 Å². The number of aryl methyl sites for hydroxylation is 1. The molecule has 0 fully saturated rings. The van der Waals surface area contributed by atoms with Crippen LogP contribution < -0.4 is 15.0 Å². The van der Waals surface area contributed by atoms with Crippen molar-refractivity contribution in [3.8, 4) is 16.9 Å². The zero-order valence-electron chi connectivity index (χ0n) is 39.1. The second-order valence-electron chi connectivity index (χ2n) is 16.4. The van der Waals surface area contributed by atoms with E-state index < -0.39 is 47.9 Å². The number of aliphatic hydroxyl groups is 1. The molecule has 4 aromatic rings. The molecule has 0 aliphatic rings. The van der Waals surface area contributed by atoms with Gasteiger partial charge in [-0.25, -0.2) is 9.78 Å². The molecular weight excluding hydrogens is 865 g/mol. The molecule has 0 bridgehead atoms. The molecule has 2 atom stereocenters. The number of pyridine rings is 1. The number of ketones is 1. The number of azide groups is 1. The molecule has 0 radical (unpaired) electrons. The van der Waals surface area contributed by atoms with Crippen LogP contribution in [0.5, 0.6) is 5.75 Å². The van der Waals surface area contributed by atoms with Gasteiger partial charge in [0.05, 0.1) is 73.0 Å². The number of aromatic nitrogens is 1. The van der Waals surface area contributed by atoms with Gasteiger partial charge in [-0.05, 0) is 85.5 Å². The van der Waals surface area contributed by atoms with Crippen molar-refractivity contribution in [1.29, 1.82) is 0 Å². The fraction of sp³-hybridized carbons (Fsp3) is 0.490. The van der Waals surface area contributed by atoms with Crippen molar-refractivity contribution in [3.05, 3.63) is 101 Å². The SMILES string of the molecule is COC(=O)C[C@H](CC(=O)[C@H](CO)NC(=O)CCCN(C(=O)OC(C)(C)C)c1cc(C)ccn1)c1ccc(-c2ccc(OCCOCCOCCOCCOCCN=[N+]=[N-])c3ccccc23)cc1. The number of ether oxygens (including phenoxy) is 7. The summed E-state index contributed by atoms with van der Waals surface area (Å²) in [7, 11) is 1.28. The van der Waals surface area contributed by atoms with E-state index in [9.17, 15) is 24.3 Å². The van der Waals surface area contributed by atoms with Crippen LogP contribution in [0.1, 0.15) is 63.5 Å². The molecule has 0 spiro atoms. The molecule has 2 amide bonds. The number of amides is 2. The minimum absolute atomic E-state index is 0.0467. The summed E-state index contributed by atoms with van der Waals surface area (Å²) in [5.41, 5.74) is 11.0. The molecule has 1 aromatic heterocycles. The van der Waals surface area contributed by atoms with E-state index in [0.29, 0.717) is 83.1 Å². The van der Waals surface area contributed by atoms with E-state index in [0.717, 1.165) is 27.5 Å². The molecule has 0 aliphatic carbocycles. The number of nitrogens with one attached hydrogen (secondary N) is 1. The number of hydrogen-bond donors (Lipinski definition) is 2. The normalized spacial score (nSPS) is 12.1. The van der Waals surface area contributed by atoms with Crippen molar-refractivity contribution in [1.82, 2.24) is 10.3 Å². The first kappa shape index (κ1) is 53.5. The van der Waals surface area contributed by atoms with E-state index in [2.05, 4.69) is 20.3 Å². The van der Waals surface area contributed by atoms with E-state index in [1.807, 2.05) is 67.6 Å². The number of benzene rings is 3. The molecule has 0 aliphatic heterocycles. The molecule has 4 rings (SSSR count). The van der Waals surface area contributed by atoms with E-state index in [-0.39, 0.29) is 32.2 Å². The van der Waals surface area contributed by atoms with Gasteiger partial charge < -0.3 is 43.6 Å². The van der Waals surface area contributed by atoms with Crippen molar-refractivity contribution in [2.45, 2.75) is 70.9 Å². The minimum Gasteiger partial charge on any atom is -0.491 e. The van der Waals surface area contributed by atoms with Crippen LogP contribution in [0.4, 0.5) is 10.6 Å². The Morgan fingerprint density at radius 3 is 2.09 bits per heavy atom. The summed E-state index contributed by atoms with van der Waals surface area (Å²) in [4.78, 5) is 60.7. The minimum atomic E-state index is -1.21. The zero-order valence-corrected chi connectivity index (χ0v) is 39.1. The van der Waals surface area contributed by atoms with Gasteiger partial charge in [-0.15, -0.1) is 0 Å². The molecule has 1 heterocycles. The first-order valence-corrected chi connectivity index (χ1v) is 22.3. The maximum absolute atomic E-state index is 13.6. The third kappa shape index (κ3) is 18.9. The van der Waals surface area contributed by atoms with Gasteiger partial charge in [0, 0.05) is 48.3 Å². The number of fused-ring (bicyclic) bond motifs is 1. The zero-order chi connectivity index (χ0) is 48.4. The monoisotopic (exact) mass is 928 g/mol. The van der Waals surface area contributed by atoms with Crippen LogP contribution in [0.25, 0.3) is 32.3 Å². The maximum Gasteiger partial charge on any atom is 0.416 e. The Kier molecular flexibility index (Phi) is 23.0. The van der Waals surface area contributed by atoms with Crippen LogP contribution in [0, 0.1) is 6.92 Å². The third-order valence-corrected chi connectivity index (χ3v) is 10.1. The fourth-order valence-electron chi connectivity index (χ4n) is 6.86. The molecule has 362 valence electrons. The summed E-state index contributed by atoms with van der Waals surface area (Å²) < 4.78 is 38.6. The van der Waals surface area contributed by atoms with Crippen molar-refractivity contribution < 1.29 is 57.4 Å². The molecule has 2 N–H and O–H groups in total. The Labute approximate surface area is 391 Å². The number of aliphatic hydroxyl groups excluding tert-OH is 1. The highest BCUT2D eigenvalue weighted by atomic mass is 16.6. The van der Waals surface area contributed by atoms with E-state index >= 15 is 0 Å². The van der Waals surface area contributed by atoms with E-state index in [1.54, 1.807) is 39.1 Å². The lowest BCUT2D eigenvalue weighted by Gasteiger charge is -2.27. The first-order valence-electron chi connectivity index (χ1n) is 22.3. The number of anilines is 1. The van der Waals surface area contributed by atoms with Gasteiger partial charge in [0.15, 0.2) is 5.78 Å². The van der Waals surface area contributed by atoms with Crippen LogP contribution in [-0.2, 0) is 42.8 Å². The van der Waals surface area contributed by atoms with Crippen molar-refractivity contribution in [2.24, 2.45) is 5.11 Å². The Bertz CT molecular complexity index is 2230. The second kappa shape index (κ2) is 28.8. The van der Waals surface area contributed by atoms with Crippen LogP contribution in [0.3, 0.4) is 0 Å². The number of methoxy groups -OCH3 is 1. The quantitative estimate of drug-likeness (QED) is 0.0173. The summed E-state index contributed by atoms with van der Waals surface area (Å²) in [6.07, 6.45) is 0.921. The molecule has 0 saturated heterocycles. The maximum atomic E-state index is 13.6. The van der Waals surface area contributed by atoms with Crippen LogP contribution in [0.15, 0.2) is 84.1 Å². The van der Waals surface area contributed by atoms with Crippen molar-refractivity contribution >= 4 is 40.3 Å². The lowest BCUT2D eigenvalue weighted by molar-refractivity contribution is -0.141. The van der Waals surface area contributed by atoms with Gasteiger partial charge in [0.1, 0.15) is 29.8 Å². The van der Waals surface area contributed by atoms with Crippen molar-refractivity contribution in [2.75, 3.05) is 91.2 Å². The number of rotatable bonds is 30. The number of carbonyl (C=O) groups is 4. The predicted molar refractivity (Wildman–Crippen MR) is 252 cm³/mol. The summed E-state index contributed by atoms with van der Waals surface area (Å²) in [5, 5.41) is 18.1. The third-order valence-electron chi connectivity index (χ3n) is 10.1.